The van der Waals surface area contributed by atoms with Gasteiger partial charge in [-0.2, -0.15) is 0 Å². The summed E-state index contributed by atoms with van der Waals surface area (Å²) in [5, 5.41) is 14.2. The van der Waals surface area contributed by atoms with Crippen LogP contribution in [0.25, 0.3) is 0 Å². The Morgan fingerprint density at radius 2 is 1.97 bits per heavy atom. The molecule has 2 aliphatic rings. The van der Waals surface area contributed by atoms with Gasteiger partial charge in [-0.3, -0.25) is 4.79 Å². The SMILES string of the molecule is O=C(COc1ccc(CNCC2(O)CCN(c3ccccn3)C2)cc1)N1CCOCC1. The Hall–Kier alpha value is -2.68. The van der Waals surface area contributed by atoms with Crippen LogP contribution in [0.2, 0.25) is 0 Å². The molecule has 31 heavy (non-hydrogen) atoms. The summed E-state index contributed by atoms with van der Waals surface area (Å²) in [6.07, 6.45) is 2.48. The van der Waals surface area contributed by atoms with Crippen LogP contribution in [0.1, 0.15) is 12.0 Å². The minimum atomic E-state index is -0.763. The fourth-order valence-electron chi connectivity index (χ4n) is 3.93. The molecule has 0 radical (unpaired) electrons. The second kappa shape index (κ2) is 10.1. The molecule has 0 aliphatic carbocycles. The van der Waals surface area contributed by atoms with E-state index in [0.29, 0.717) is 58.1 Å². The average Bonchev–Trinajstić information content (AvgIpc) is 3.21. The van der Waals surface area contributed by atoms with Gasteiger partial charge in [0.15, 0.2) is 6.61 Å². The number of carbonyl (C=O) groups excluding carboxylic acids is 1. The van der Waals surface area contributed by atoms with Crippen LogP contribution in [-0.2, 0) is 16.1 Å². The zero-order valence-electron chi connectivity index (χ0n) is 17.7. The Morgan fingerprint density at radius 1 is 1.16 bits per heavy atom. The zero-order valence-corrected chi connectivity index (χ0v) is 17.7. The molecule has 1 atom stereocenters. The van der Waals surface area contributed by atoms with E-state index in [4.69, 9.17) is 9.47 Å². The molecular weight excluding hydrogens is 396 g/mol. The molecule has 2 N–H and O–H groups in total. The van der Waals surface area contributed by atoms with Crippen molar-refractivity contribution >= 4 is 11.7 Å². The molecule has 8 nitrogen and oxygen atoms in total. The molecule has 0 saturated carbocycles. The number of hydrogen-bond donors (Lipinski definition) is 2. The lowest BCUT2D eigenvalue weighted by atomic mass is 10.0. The first-order valence-electron chi connectivity index (χ1n) is 10.8. The molecule has 4 rings (SSSR count). The highest BCUT2D eigenvalue weighted by Gasteiger charge is 2.36. The van der Waals surface area contributed by atoms with Gasteiger partial charge in [0, 0.05) is 45.5 Å². The minimum Gasteiger partial charge on any atom is -0.484 e. The summed E-state index contributed by atoms with van der Waals surface area (Å²) < 4.78 is 10.9. The number of aromatic nitrogens is 1. The van der Waals surface area contributed by atoms with E-state index in [1.165, 1.54) is 0 Å². The highest BCUT2D eigenvalue weighted by atomic mass is 16.5. The summed E-state index contributed by atoms with van der Waals surface area (Å²) in [6.45, 7) is 5.00. The van der Waals surface area contributed by atoms with Gasteiger partial charge in [0.05, 0.1) is 18.8 Å². The van der Waals surface area contributed by atoms with Gasteiger partial charge in [-0.05, 0) is 36.2 Å². The van der Waals surface area contributed by atoms with Crippen molar-refractivity contribution in [3.8, 4) is 5.75 Å². The Morgan fingerprint density at radius 3 is 2.71 bits per heavy atom. The Bertz CT molecular complexity index is 842. The van der Waals surface area contributed by atoms with Gasteiger partial charge >= 0.3 is 0 Å². The molecular formula is C23H30N4O4. The van der Waals surface area contributed by atoms with Crippen molar-refractivity contribution in [2.24, 2.45) is 0 Å². The van der Waals surface area contributed by atoms with E-state index < -0.39 is 5.60 Å². The van der Waals surface area contributed by atoms with Crippen LogP contribution in [0.15, 0.2) is 48.7 Å². The summed E-state index contributed by atoms with van der Waals surface area (Å²) in [5.41, 5.74) is 0.329. The summed E-state index contributed by atoms with van der Waals surface area (Å²) in [6, 6.07) is 13.5. The highest BCUT2D eigenvalue weighted by molar-refractivity contribution is 5.77. The van der Waals surface area contributed by atoms with Crippen molar-refractivity contribution in [1.29, 1.82) is 0 Å². The lowest BCUT2D eigenvalue weighted by Gasteiger charge is -2.26. The number of amides is 1. The Kier molecular flexibility index (Phi) is 7.01. The smallest absolute Gasteiger partial charge is 0.260 e. The summed E-state index contributed by atoms with van der Waals surface area (Å²) >= 11 is 0. The van der Waals surface area contributed by atoms with Gasteiger partial charge in [-0.25, -0.2) is 4.98 Å². The van der Waals surface area contributed by atoms with Crippen molar-refractivity contribution in [1.82, 2.24) is 15.2 Å². The maximum atomic E-state index is 12.2. The molecule has 2 aromatic rings. The monoisotopic (exact) mass is 426 g/mol. The largest absolute Gasteiger partial charge is 0.484 e. The van der Waals surface area contributed by atoms with Gasteiger partial charge < -0.3 is 29.7 Å². The third-order valence-electron chi connectivity index (χ3n) is 5.74. The molecule has 2 fully saturated rings. The van der Waals surface area contributed by atoms with Crippen LogP contribution in [0, 0.1) is 0 Å². The quantitative estimate of drug-likeness (QED) is 0.652. The third kappa shape index (κ3) is 5.94. The number of carbonyl (C=O) groups is 1. The number of rotatable bonds is 8. The zero-order chi connectivity index (χ0) is 21.5. The normalized spacial score (nSPS) is 21.3. The van der Waals surface area contributed by atoms with Gasteiger partial charge in [-0.15, -0.1) is 0 Å². The van der Waals surface area contributed by atoms with Crippen molar-refractivity contribution in [2.45, 2.75) is 18.6 Å². The van der Waals surface area contributed by atoms with E-state index in [-0.39, 0.29) is 12.5 Å². The Labute approximate surface area is 182 Å². The van der Waals surface area contributed by atoms with E-state index in [0.717, 1.165) is 17.9 Å². The number of nitrogens with one attached hydrogen (secondary N) is 1. The van der Waals surface area contributed by atoms with E-state index in [9.17, 15) is 9.90 Å². The molecule has 0 spiro atoms. The average molecular weight is 427 g/mol. The number of pyridine rings is 1. The highest BCUT2D eigenvalue weighted by Crippen LogP contribution is 2.25. The molecule has 166 valence electrons. The van der Waals surface area contributed by atoms with Gasteiger partial charge in [0.25, 0.3) is 5.91 Å². The number of benzene rings is 1. The van der Waals surface area contributed by atoms with Gasteiger partial charge in [-0.1, -0.05) is 18.2 Å². The molecule has 1 unspecified atom stereocenters. The minimum absolute atomic E-state index is 0.0152. The first-order valence-corrected chi connectivity index (χ1v) is 10.8. The lowest BCUT2D eigenvalue weighted by Crippen LogP contribution is -2.43. The maximum absolute atomic E-state index is 12.2. The van der Waals surface area contributed by atoms with Crippen LogP contribution >= 0.6 is 0 Å². The summed E-state index contributed by atoms with van der Waals surface area (Å²) in [4.78, 5) is 20.4. The van der Waals surface area contributed by atoms with E-state index in [2.05, 4.69) is 15.2 Å². The van der Waals surface area contributed by atoms with E-state index in [1.54, 1.807) is 11.1 Å². The van der Waals surface area contributed by atoms with Crippen LogP contribution in [0.4, 0.5) is 5.82 Å². The number of aliphatic hydroxyl groups is 1. The topological polar surface area (TPSA) is 87.2 Å². The lowest BCUT2D eigenvalue weighted by molar-refractivity contribution is -0.137. The second-order valence-electron chi connectivity index (χ2n) is 8.11. The fourth-order valence-corrected chi connectivity index (χ4v) is 3.93. The standard InChI is InChI=1S/C23H30N4O4/c28-22(26-11-13-30-14-12-26)16-31-20-6-4-19(5-7-20)15-24-17-23(29)8-10-27(18-23)21-3-1-2-9-25-21/h1-7,9,24,29H,8,10-18H2. The number of anilines is 1. The molecule has 2 saturated heterocycles. The molecule has 0 bridgehead atoms. The van der Waals surface area contributed by atoms with Crippen LogP contribution in [0.3, 0.4) is 0 Å². The third-order valence-corrected chi connectivity index (χ3v) is 5.74. The Balaban J connectivity index is 1.19. The number of nitrogens with zero attached hydrogens (tertiary/aromatic N) is 3. The molecule has 1 amide bonds. The predicted octanol–water partition coefficient (Wildman–Crippen LogP) is 1.05. The van der Waals surface area contributed by atoms with Crippen molar-refractivity contribution in [2.75, 3.05) is 57.4 Å². The molecule has 8 heteroatoms. The number of morpholine rings is 1. The van der Waals surface area contributed by atoms with Crippen LogP contribution in [0.5, 0.6) is 5.75 Å². The molecule has 3 heterocycles. The second-order valence-corrected chi connectivity index (χ2v) is 8.11. The molecule has 2 aliphatic heterocycles. The molecule has 1 aromatic heterocycles. The van der Waals surface area contributed by atoms with Crippen molar-refractivity contribution < 1.29 is 19.4 Å². The number of ether oxygens (including phenoxy) is 2. The van der Waals surface area contributed by atoms with E-state index in [1.807, 2.05) is 42.5 Å². The fraction of sp³-hybridized carbons (Fsp3) is 0.478. The first kappa shape index (κ1) is 21.5. The van der Waals surface area contributed by atoms with E-state index >= 15 is 0 Å². The van der Waals surface area contributed by atoms with Crippen molar-refractivity contribution in [3.63, 3.8) is 0 Å². The predicted molar refractivity (Wildman–Crippen MR) is 117 cm³/mol. The summed E-state index contributed by atoms with van der Waals surface area (Å²) in [7, 11) is 0. The first-order chi connectivity index (χ1) is 15.1. The maximum Gasteiger partial charge on any atom is 0.260 e. The van der Waals surface area contributed by atoms with Gasteiger partial charge in [0.2, 0.25) is 0 Å². The van der Waals surface area contributed by atoms with Crippen LogP contribution in [-0.4, -0.2) is 79.0 Å². The summed E-state index contributed by atoms with van der Waals surface area (Å²) in [5.74, 6) is 1.56. The van der Waals surface area contributed by atoms with Gasteiger partial charge in [0.1, 0.15) is 11.6 Å². The number of β-amino-alcohol motifs (C(OH)–C–C–N with tert-alkyl or cyclic N) is 1. The van der Waals surface area contributed by atoms with Crippen LogP contribution < -0.4 is 15.0 Å². The van der Waals surface area contributed by atoms with Crippen molar-refractivity contribution in [3.05, 3.63) is 54.2 Å². The molecule has 1 aromatic carbocycles. The number of hydrogen-bond acceptors (Lipinski definition) is 7.